The SMILES string of the molecule is CCCCCCC/C=C\CCCCCCCC(=O)OCCCCCCCCCCCCCCCCCC/C=C\CCCCCCCCCCCCCCCCCCCC(=O)NC(CO)C(O)CCCCCCCCCCCCCCCCCCCCCCCCCCC. The average molecular weight is 1310 g/mol. The van der Waals surface area contributed by atoms with Crippen molar-refractivity contribution in [1.29, 1.82) is 0 Å². The predicted octanol–water partition coefficient (Wildman–Crippen LogP) is 28.8. The fraction of sp³-hybridized carbons (Fsp3) is 0.931. The normalized spacial score (nSPS) is 12.5. The fourth-order valence-electron chi connectivity index (χ4n) is 13.9. The Morgan fingerprint density at radius 1 is 0.290 bits per heavy atom. The van der Waals surface area contributed by atoms with Crippen LogP contribution in [0.3, 0.4) is 0 Å². The Balaban J connectivity index is 3.34. The molecule has 0 rings (SSSR count). The van der Waals surface area contributed by atoms with Crippen molar-refractivity contribution in [3.63, 3.8) is 0 Å². The largest absolute Gasteiger partial charge is 0.466 e. The standard InChI is InChI=1S/C87H169NO5/c1-3-5-7-9-11-13-15-17-19-20-21-22-23-37-40-43-46-49-52-55-59-63-67-71-75-79-85(90)84(83-89)88-86(91)80-76-72-68-64-60-56-53-50-47-44-41-38-35-33-31-29-27-25-24-26-28-30-32-34-36-39-42-45-48-51-54-58-62-66-70-74-78-82-93-87(92)81-77-73-69-65-61-57-18-16-14-12-10-8-6-4-2/h16,18,24,26,84-85,89-90H,3-15,17,19-23,25,27-83H2,1-2H3,(H,88,91)/b18-16-,26-24-. The van der Waals surface area contributed by atoms with Crippen molar-refractivity contribution in [3.05, 3.63) is 24.3 Å². The van der Waals surface area contributed by atoms with Gasteiger partial charge in [0.15, 0.2) is 0 Å². The molecule has 0 heterocycles. The maximum Gasteiger partial charge on any atom is 0.305 e. The fourth-order valence-corrected chi connectivity index (χ4v) is 13.9. The van der Waals surface area contributed by atoms with Crippen LogP contribution in [-0.2, 0) is 14.3 Å². The summed E-state index contributed by atoms with van der Waals surface area (Å²) in [7, 11) is 0. The van der Waals surface area contributed by atoms with Crippen molar-refractivity contribution >= 4 is 11.9 Å². The Hall–Kier alpha value is -1.66. The molecule has 6 heteroatoms. The van der Waals surface area contributed by atoms with Gasteiger partial charge in [-0.1, -0.05) is 430 Å². The zero-order valence-corrected chi connectivity index (χ0v) is 63.5. The second-order valence-electron chi connectivity index (χ2n) is 29.9. The average Bonchev–Trinajstić information content (AvgIpc) is 3.77. The first-order chi connectivity index (χ1) is 46.0. The topological polar surface area (TPSA) is 95.9 Å². The van der Waals surface area contributed by atoms with E-state index in [-0.39, 0.29) is 18.5 Å². The van der Waals surface area contributed by atoms with Gasteiger partial charge in [-0.2, -0.15) is 0 Å². The summed E-state index contributed by atoms with van der Waals surface area (Å²) in [6, 6.07) is -0.540. The summed E-state index contributed by atoms with van der Waals surface area (Å²) < 4.78 is 5.50. The molecule has 2 atom stereocenters. The number of hydrogen-bond donors (Lipinski definition) is 3. The van der Waals surface area contributed by atoms with Crippen molar-refractivity contribution in [2.24, 2.45) is 0 Å². The smallest absolute Gasteiger partial charge is 0.305 e. The van der Waals surface area contributed by atoms with E-state index in [4.69, 9.17) is 4.74 Å². The van der Waals surface area contributed by atoms with E-state index in [1.165, 1.54) is 417 Å². The minimum Gasteiger partial charge on any atom is -0.466 e. The molecule has 1 amide bonds. The van der Waals surface area contributed by atoms with Crippen LogP contribution in [0.4, 0.5) is 0 Å². The molecule has 0 aliphatic rings. The molecule has 0 aromatic heterocycles. The number of aliphatic hydroxyl groups excluding tert-OH is 2. The van der Waals surface area contributed by atoms with Gasteiger partial charge >= 0.3 is 5.97 Å². The van der Waals surface area contributed by atoms with E-state index in [1.54, 1.807) is 0 Å². The van der Waals surface area contributed by atoms with Gasteiger partial charge in [-0.25, -0.2) is 0 Å². The Bertz CT molecular complexity index is 1460. The molecule has 0 saturated heterocycles. The quantitative estimate of drug-likeness (QED) is 0.0320. The highest BCUT2D eigenvalue weighted by atomic mass is 16.5. The number of carbonyl (C=O) groups excluding carboxylic acids is 2. The van der Waals surface area contributed by atoms with E-state index in [2.05, 4.69) is 43.5 Å². The molecule has 0 fully saturated rings. The predicted molar refractivity (Wildman–Crippen MR) is 412 cm³/mol. The van der Waals surface area contributed by atoms with Crippen LogP contribution in [0.5, 0.6) is 0 Å². The third-order valence-corrected chi connectivity index (χ3v) is 20.5. The zero-order chi connectivity index (χ0) is 67.0. The molecule has 6 nitrogen and oxygen atoms in total. The number of esters is 1. The number of ether oxygens (including phenoxy) is 1. The molecule has 0 aromatic rings. The van der Waals surface area contributed by atoms with Gasteiger partial charge in [0.25, 0.3) is 0 Å². The first kappa shape index (κ1) is 91.3. The highest BCUT2D eigenvalue weighted by Gasteiger charge is 2.20. The van der Waals surface area contributed by atoms with Crippen LogP contribution >= 0.6 is 0 Å². The maximum absolute atomic E-state index is 12.6. The van der Waals surface area contributed by atoms with E-state index < -0.39 is 12.1 Å². The van der Waals surface area contributed by atoms with Gasteiger partial charge < -0.3 is 20.3 Å². The van der Waals surface area contributed by atoms with Crippen molar-refractivity contribution in [1.82, 2.24) is 5.32 Å². The summed E-state index contributed by atoms with van der Waals surface area (Å²) in [6.07, 6.45) is 107. The molecule has 3 N–H and O–H groups in total. The van der Waals surface area contributed by atoms with E-state index in [9.17, 15) is 19.8 Å². The molecule has 552 valence electrons. The summed E-state index contributed by atoms with van der Waals surface area (Å²) in [6.45, 7) is 5.00. The van der Waals surface area contributed by atoms with E-state index in [0.29, 0.717) is 25.9 Å². The van der Waals surface area contributed by atoms with Crippen LogP contribution < -0.4 is 5.32 Å². The van der Waals surface area contributed by atoms with Gasteiger partial charge in [-0.05, 0) is 77.0 Å². The van der Waals surface area contributed by atoms with Crippen molar-refractivity contribution < 1.29 is 24.5 Å². The summed E-state index contributed by atoms with van der Waals surface area (Å²) in [4.78, 5) is 24.7. The summed E-state index contributed by atoms with van der Waals surface area (Å²) in [5.41, 5.74) is 0. The third-order valence-electron chi connectivity index (χ3n) is 20.5. The van der Waals surface area contributed by atoms with Crippen molar-refractivity contribution in [3.8, 4) is 0 Å². The number of amides is 1. The lowest BCUT2D eigenvalue weighted by molar-refractivity contribution is -0.143. The van der Waals surface area contributed by atoms with Crippen LogP contribution in [-0.4, -0.2) is 47.4 Å². The van der Waals surface area contributed by atoms with Crippen molar-refractivity contribution in [2.75, 3.05) is 13.2 Å². The van der Waals surface area contributed by atoms with Gasteiger partial charge in [-0.15, -0.1) is 0 Å². The van der Waals surface area contributed by atoms with E-state index in [0.717, 1.165) is 44.9 Å². The lowest BCUT2D eigenvalue weighted by Gasteiger charge is -2.22. The van der Waals surface area contributed by atoms with Gasteiger partial charge in [0, 0.05) is 12.8 Å². The van der Waals surface area contributed by atoms with E-state index >= 15 is 0 Å². The molecule has 0 aromatic carbocycles. The van der Waals surface area contributed by atoms with Crippen LogP contribution in [0, 0.1) is 0 Å². The summed E-state index contributed by atoms with van der Waals surface area (Å²) >= 11 is 0. The van der Waals surface area contributed by atoms with Gasteiger partial charge in [0.1, 0.15) is 0 Å². The first-order valence-corrected chi connectivity index (χ1v) is 43.1. The lowest BCUT2D eigenvalue weighted by Crippen LogP contribution is -2.45. The summed E-state index contributed by atoms with van der Waals surface area (Å²) in [5.74, 6) is -0.0106. The van der Waals surface area contributed by atoms with Crippen LogP contribution in [0.15, 0.2) is 24.3 Å². The highest BCUT2D eigenvalue weighted by Crippen LogP contribution is 2.21. The number of hydrogen-bond acceptors (Lipinski definition) is 5. The number of carbonyl (C=O) groups is 2. The van der Waals surface area contributed by atoms with Gasteiger partial charge in [0.2, 0.25) is 5.91 Å². The zero-order valence-electron chi connectivity index (χ0n) is 63.5. The minimum absolute atomic E-state index is 0.0140. The molecule has 93 heavy (non-hydrogen) atoms. The molecule has 0 bridgehead atoms. The number of nitrogens with one attached hydrogen (secondary N) is 1. The number of aliphatic hydroxyl groups is 2. The highest BCUT2D eigenvalue weighted by molar-refractivity contribution is 5.76. The molecule has 0 radical (unpaired) electrons. The number of allylic oxidation sites excluding steroid dienone is 4. The van der Waals surface area contributed by atoms with Crippen LogP contribution in [0.2, 0.25) is 0 Å². The minimum atomic E-state index is -0.663. The summed E-state index contributed by atoms with van der Waals surface area (Å²) in [5, 5.41) is 23.5. The second-order valence-corrected chi connectivity index (χ2v) is 29.9. The van der Waals surface area contributed by atoms with Crippen LogP contribution in [0.25, 0.3) is 0 Å². The number of rotatable bonds is 82. The second kappa shape index (κ2) is 82.8. The van der Waals surface area contributed by atoms with Gasteiger partial charge in [0.05, 0.1) is 25.4 Å². The van der Waals surface area contributed by atoms with Crippen LogP contribution in [0.1, 0.15) is 495 Å². The Morgan fingerprint density at radius 2 is 0.505 bits per heavy atom. The monoisotopic (exact) mass is 1310 g/mol. The molecular formula is C87H169NO5. The van der Waals surface area contributed by atoms with Crippen molar-refractivity contribution in [2.45, 2.75) is 508 Å². The molecule has 0 saturated carbocycles. The Kier molecular flexibility index (Phi) is 81.3. The first-order valence-electron chi connectivity index (χ1n) is 43.1. The Labute approximate surface area is 583 Å². The molecule has 2 unspecified atom stereocenters. The third kappa shape index (κ3) is 79.2. The lowest BCUT2D eigenvalue weighted by atomic mass is 10.0. The Morgan fingerprint density at radius 3 is 0.763 bits per heavy atom. The maximum atomic E-state index is 12.6. The van der Waals surface area contributed by atoms with Gasteiger partial charge in [-0.3, -0.25) is 9.59 Å². The molecule has 0 spiro atoms. The molecule has 0 aliphatic carbocycles. The number of unbranched alkanes of at least 4 members (excludes halogenated alkanes) is 67. The molecular weight excluding hydrogens is 1140 g/mol. The molecule has 0 aliphatic heterocycles. The van der Waals surface area contributed by atoms with E-state index in [1.807, 2.05) is 0 Å².